The Labute approximate surface area is 170 Å². The van der Waals surface area contributed by atoms with E-state index in [1.165, 1.54) is 0 Å². The number of hydrogen-bond acceptors (Lipinski definition) is 5. The summed E-state index contributed by atoms with van der Waals surface area (Å²) in [7, 11) is 0. The van der Waals surface area contributed by atoms with Gasteiger partial charge in [-0.15, -0.1) is 0 Å². The van der Waals surface area contributed by atoms with Crippen LogP contribution in [-0.2, 0) is 23.7 Å². The number of amides is 3. The second kappa shape index (κ2) is 6.95. The second-order valence-corrected chi connectivity index (χ2v) is 7.42. The maximum absolute atomic E-state index is 13.0. The molecule has 166 valence electrons. The maximum atomic E-state index is 13.0. The Morgan fingerprint density at radius 2 is 1.58 bits per heavy atom. The molecular weight excluding hydrogens is 434 g/mol. The van der Waals surface area contributed by atoms with Gasteiger partial charge in [0.15, 0.2) is 0 Å². The van der Waals surface area contributed by atoms with Crippen molar-refractivity contribution in [2.75, 3.05) is 0 Å². The zero-order chi connectivity index (χ0) is 22.6. The summed E-state index contributed by atoms with van der Waals surface area (Å²) < 4.78 is 83.1. The van der Waals surface area contributed by atoms with Crippen molar-refractivity contribution in [2.45, 2.75) is 50.1 Å². The van der Waals surface area contributed by atoms with Crippen LogP contribution in [0.15, 0.2) is 22.7 Å². The molecule has 1 aliphatic heterocycles. The highest BCUT2D eigenvalue weighted by Gasteiger charge is 2.52. The van der Waals surface area contributed by atoms with Crippen molar-refractivity contribution in [3.63, 3.8) is 0 Å². The molecule has 1 spiro atoms. The van der Waals surface area contributed by atoms with Crippen molar-refractivity contribution in [3.8, 4) is 11.4 Å². The summed E-state index contributed by atoms with van der Waals surface area (Å²) in [5.41, 5.74) is -4.61. The number of benzene rings is 1. The molecule has 1 N–H and O–H groups in total. The molecule has 1 saturated heterocycles. The predicted molar refractivity (Wildman–Crippen MR) is 90.0 cm³/mol. The molecule has 2 fully saturated rings. The molecule has 1 aromatic carbocycles. The number of imide groups is 1. The third-order valence-electron chi connectivity index (χ3n) is 5.31. The van der Waals surface area contributed by atoms with Crippen LogP contribution in [0.2, 0.25) is 0 Å². The van der Waals surface area contributed by atoms with Gasteiger partial charge in [0.1, 0.15) is 12.1 Å². The molecule has 2 aromatic rings. The molecule has 1 aromatic heterocycles. The van der Waals surface area contributed by atoms with Crippen LogP contribution < -0.4 is 5.32 Å². The van der Waals surface area contributed by atoms with Gasteiger partial charge in [-0.05, 0) is 31.0 Å². The summed E-state index contributed by atoms with van der Waals surface area (Å²) >= 11 is 0. The van der Waals surface area contributed by atoms with E-state index >= 15 is 0 Å². The van der Waals surface area contributed by atoms with Crippen molar-refractivity contribution in [2.24, 2.45) is 0 Å². The summed E-state index contributed by atoms with van der Waals surface area (Å²) in [6.07, 6.45) is -7.57. The topological polar surface area (TPSA) is 88.3 Å². The van der Waals surface area contributed by atoms with Gasteiger partial charge in [0.2, 0.25) is 11.7 Å². The van der Waals surface area contributed by atoms with Gasteiger partial charge in [0.25, 0.3) is 5.91 Å². The molecule has 1 aliphatic carbocycles. The fraction of sp³-hybridized carbons (Fsp3) is 0.444. The van der Waals surface area contributed by atoms with Crippen LogP contribution in [0.4, 0.5) is 31.1 Å². The van der Waals surface area contributed by atoms with E-state index in [-0.39, 0.29) is 12.0 Å². The van der Waals surface area contributed by atoms with E-state index in [4.69, 9.17) is 4.52 Å². The predicted octanol–water partition coefficient (Wildman–Crippen LogP) is 4.14. The average Bonchev–Trinajstić information content (AvgIpc) is 3.38. The average molecular weight is 448 g/mol. The van der Waals surface area contributed by atoms with Crippen LogP contribution in [0.3, 0.4) is 0 Å². The minimum atomic E-state index is -5.03. The van der Waals surface area contributed by atoms with Crippen LogP contribution in [0.5, 0.6) is 0 Å². The lowest BCUT2D eigenvalue weighted by Crippen LogP contribution is -2.44. The molecule has 0 unspecified atom stereocenters. The number of urea groups is 1. The van der Waals surface area contributed by atoms with Crippen molar-refractivity contribution in [1.82, 2.24) is 20.4 Å². The van der Waals surface area contributed by atoms with Crippen LogP contribution in [0.1, 0.15) is 42.7 Å². The Morgan fingerprint density at radius 3 is 2.13 bits per heavy atom. The van der Waals surface area contributed by atoms with Gasteiger partial charge >= 0.3 is 18.4 Å². The molecule has 3 amide bonds. The minimum Gasteiger partial charge on any atom is -0.337 e. The van der Waals surface area contributed by atoms with E-state index < -0.39 is 58.9 Å². The lowest BCUT2D eigenvalue weighted by atomic mass is 9.98. The standard InChI is InChI=1S/C18H14F6N4O3/c19-17(20,21)10-5-9(6-11(7-10)18(22,23)24)13-25-12(31-27-13)8-28-14(29)16(26-15(28)30)3-1-2-4-16/h5-7H,1-4,8H2,(H,26,30). The first-order valence-corrected chi connectivity index (χ1v) is 9.16. The molecule has 2 heterocycles. The number of halogens is 6. The number of alkyl halides is 6. The zero-order valence-electron chi connectivity index (χ0n) is 15.6. The Morgan fingerprint density at radius 1 is 1.00 bits per heavy atom. The Balaban J connectivity index is 1.62. The normalized spacial score (nSPS) is 18.8. The fourth-order valence-electron chi connectivity index (χ4n) is 3.79. The number of nitrogens with zero attached hydrogens (tertiary/aromatic N) is 3. The molecule has 4 rings (SSSR count). The summed E-state index contributed by atoms with van der Waals surface area (Å²) in [5, 5.41) is 6.06. The van der Waals surface area contributed by atoms with Crippen LogP contribution in [0, 0.1) is 0 Å². The number of carbonyl (C=O) groups is 2. The molecule has 1 saturated carbocycles. The van der Waals surface area contributed by atoms with Gasteiger partial charge in [-0.3, -0.25) is 9.69 Å². The van der Waals surface area contributed by atoms with Crippen LogP contribution in [-0.4, -0.2) is 32.5 Å². The van der Waals surface area contributed by atoms with Gasteiger partial charge in [-0.1, -0.05) is 18.0 Å². The summed E-state index contributed by atoms with van der Waals surface area (Å²) in [6.45, 7) is -0.454. The first kappa shape index (κ1) is 21.1. The van der Waals surface area contributed by atoms with E-state index in [9.17, 15) is 35.9 Å². The highest BCUT2D eigenvalue weighted by atomic mass is 19.4. The highest BCUT2D eigenvalue weighted by Crippen LogP contribution is 2.38. The third-order valence-corrected chi connectivity index (χ3v) is 5.31. The Kier molecular flexibility index (Phi) is 4.74. The molecular formula is C18H14F6N4O3. The van der Waals surface area contributed by atoms with E-state index in [1.54, 1.807) is 0 Å². The number of rotatable bonds is 3. The van der Waals surface area contributed by atoms with Gasteiger partial charge < -0.3 is 9.84 Å². The van der Waals surface area contributed by atoms with E-state index in [0.29, 0.717) is 25.0 Å². The minimum absolute atomic E-state index is 0.0151. The summed E-state index contributed by atoms with van der Waals surface area (Å²) in [6, 6.07) is 0.236. The zero-order valence-corrected chi connectivity index (χ0v) is 15.6. The van der Waals surface area contributed by atoms with E-state index in [2.05, 4.69) is 15.5 Å². The Hall–Kier alpha value is -3.12. The smallest absolute Gasteiger partial charge is 0.337 e. The fourth-order valence-corrected chi connectivity index (χ4v) is 3.79. The highest BCUT2D eigenvalue weighted by molar-refractivity contribution is 6.07. The third kappa shape index (κ3) is 3.83. The molecule has 0 radical (unpaired) electrons. The molecule has 0 bridgehead atoms. The van der Waals surface area contributed by atoms with Crippen molar-refractivity contribution in [3.05, 3.63) is 35.2 Å². The molecule has 31 heavy (non-hydrogen) atoms. The number of carbonyl (C=O) groups excluding carboxylic acids is 2. The van der Waals surface area contributed by atoms with Crippen LogP contribution in [0.25, 0.3) is 11.4 Å². The first-order valence-electron chi connectivity index (χ1n) is 9.16. The first-order chi connectivity index (χ1) is 14.4. The summed E-state index contributed by atoms with van der Waals surface area (Å²) in [5.74, 6) is -1.32. The van der Waals surface area contributed by atoms with Gasteiger partial charge in [-0.2, -0.15) is 31.3 Å². The quantitative estimate of drug-likeness (QED) is 0.563. The Bertz CT molecular complexity index is 1010. The monoisotopic (exact) mass is 448 g/mol. The number of nitrogens with one attached hydrogen (secondary N) is 1. The maximum Gasteiger partial charge on any atom is 0.416 e. The molecule has 7 nitrogen and oxygen atoms in total. The van der Waals surface area contributed by atoms with E-state index in [0.717, 1.165) is 17.7 Å². The van der Waals surface area contributed by atoms with Crippen molar-refractivity contribution >= 4 is 11.9 Å². The largest absolute Gasteiger partial charge is 0.416 e. The summed E-state index contributed by atoms with van der Waals surface area (Å²) in [4.78, 5) is 29.5. The lowest BCUT2D eigenvalue weighted by molar-refractivity contribution is -0.143. The number of aromatic nitrogens is 2. The van der Waals surface area contributed by atoms with Crippen LogP contribution >= 0.6 is 0 Å². The molecule has 13 heteroatoms. The van der Waals surface area contributed by atoms with E-state index in [1.807, 2.05) is 0 Å². The van der Waals surface area contributed by atoms with Gasteiger partial charge in [0, 0.05) is 5.56 Å². The van der Waals surface area contributed by atoms with Gasteiger partial charge in [-0.25, -0.2) is 4.79 Å². The lowest BCUT2D eigenvalue weighted by Gasteiger charge is -2.19. The molecule has 0 atom stereocenters. The number of hydrogen-bond donors (Lipinski definition) is 1. The van der Waals surface area contributed by atoms with Crippen molar-refractivity contribution in [1.29, 1.82) is 0 Å². The van der Waals surface area contributed by atoms with Gasteiger partial charge in [0.05, 0.1) is 11.1 Å². The molecule has 2 aliphatic rings. The van der Waals surface area contributed by atoms with Crippen molar-refractivity contribution < 1.29 is 40.5 Å². The SMILES string of the molecule is O=C1NC2(CCCC2)C(=O)N1Cc1nc(-c2cc(C(F)(F)F)cc(C(F)(F)F)c2)no1. The second-order valence-electron chi connectivity index (χ2n) is 7.42.